The molecule has 10 rings (SSSR count). The number of benzene rings is 8. The molecule has 0 aliphatic rings. The van der Waals surface area contributed by atoms with Crippen molar-refractivity contribution in [1.29, 1.82) is 10.5 Å². The first-order valence-corrected chi connectivity index (χ1v) is 21.1. The molecule has 4 heteroatoms. The summed E-state index contributed by atoms with van der Waals surface area (Å²) in [5.74, 6) is 0. The van der Waals surface area contributed by atoms with Crippen LogP contribution in [0.5, 0.6) is 0 Å². The fourth-order valence-corrected chi connectivity index (χ4v) is 9.65. The maximum atomic E-state index is 11.9. The maximum absolute atomic E-state index is 11.9. The molecule has 0 unspecified atom stereocenters. The highest BCUT2D eigenvalue weighted by molar-refractivity contribution is 6.13. The van der Waals surface area contributed by atoms with E-state index in [1.165, 1.54) is 0 Å². The van der Waals surface area contributed by atoms with E-state index in [2.05, 4.69) is 184 Å². The second kappa shape index (κ2) is 14.7. The molecule has 8 aromatic carbocycles. The van der Waals surface area contributed by atoms with Crippen molar-refractivity contribution in [2.75, 3.05) is 0 Å². The SMILES string of the molecule is C=C(c1ccc(C)cc1-c1cc(C)ccc1C)c1c(C#N)c(-n2c3ccccc3c3ccccc32)c(C#N)c(-n2c3ccc(C)cc3c3cc(C)ccc32)c1-c1ccc(C)cc1. The molecule has 0 fully saturated rings. The van der Waals surface area contributed by atoms with Gasteiger partial charge in [-0.05, 0) is 111 Å². The summed E-state index contributed by atoms with van der Waals surface area (Å²) in [4.78, 5) is 0. The van der Waals surface area contributed by atoms with Crippen molar-refractivity contribution in [3.63, 3.8) is 0 Å². The number of aromatic nitrogens is 2. The lowest BCUT2D eigenvalue weighted by Crippen LogP contribution is -2.13. The fourth-order valence-electron chi connectivity index (χ4n) is 9.65. The zero-order valence-corrected chi connectivity index (χ0v) is 35.9. The van der Waals surface area contributed by atoms with E-state index in [9.17, 15) is 10.5 Å². The Balaban J connectivity index is 1.48. The molecular formula is C58H44N4. The molecule has 4 nitrogen and oxygen atoms in total. The average molecular weight is 797 g/mol. The van der Waals surface area contributed by atoms with Gasteiger partial charge >= 0.3 is 0 Å². The molecule has 0 N–H and O–H groups in total. The van der Waals surface area contributed by atoms with Crippen LogP contribution >= 0.6 is 0 Å². The van der Waals surface area contributed by atoms with Crippen molar-refractivity contribution in [1.82, 2.24) is 9.13 Å². The highest BCUT2D eigenvalue weighted by Gasteiger charge is 2.32. The Morgan fingerprint density at radius 1 is 0.452 bits per heavy atom. The first kappa shape index (κ1) is 38.3. The number of para-hydroxylation sites is 2. The van der Waals surface area contributed by atoms with Gasteiger partial charge in [0.25, 0.3) is 0 Å². The Labute approximate surface area is 362 Å². The van der Waals surface area contributed by atoms with Gasteiger partial charge in [-0.3, -0.25) is 0 Å². The summed E-state index contributed by atoms with van der Waals surface area (Å²) in [7, 11) is 0. The molecule has 10 aromatic rings. The van der Waals surface area contributed by atoms with Crippen LogP contribution in [0.3, 0.4) is 0 Å². The van der Waals surface area contributed by atoms with Crippen molar-refractivity contribution >= 4 is 49.2 Å². The maximum Gasteiger partial charge on any atom is 0.104 e. The molecule has 2 heterocycles. The molecule has 296 valence electrons. The molecule has 0 saturated carbocycles. The highest BCUT2D eigenvalue weighted by Crippen LogP contribution is 2.49. The van der Waals surface area contributed by atoms with Crippen molar-refractivity contribution in [2.24, 2.45) is 0 Å². The van der Waals surface area contributed by atoms with Gasteiger partial charge < -0.3 is 9.13 Å². The number of nitriles is 2. The summed E-state index contributed by atoms with van der Waals surface area (Å²) >= 11 is 0. The van der Waals surface area contributed by atoms with Crippen LogP contribution in [0.1, 0.15) is 55.6 Å². The minimum atomic E-state index is 0.386. The van der Waals surface area contributed by atoms with Crippen LogP contribution in [-0.4, -0.2) is 9.13 Å². The number of rotatable bonds is 6. The van der Waals surface area contributed by atoms with Crippen LogP contribution in [0.4, 0.5) is 0 Å². The Kier molecular flexibility index (Phi) is 9.06. The van der Waals surface area contributed by atoms with Gasteiger partial charge in [0.05, 0.1) is 39.0 Å². The molecule has 0 aliphatic carbocycles. The standard InChI is InChI=1S/C58H44N4/c1-34-17-23-41(24-18-34)56-55(40(7)42-25-19-36(3)29-46(42)45-28-35(2)16-22-39(45)6)49(32-59)57(61-51-14-10-8-12-43(51)44-13-9-11-15-52(44)61)50(33-60)58(56)62-53-26-20-37(4)30-47(53)48-31-38(5)21-27-54(48)62/h8-31H,7H2,1-6H3. The highest BCUT2D eigenvalue weighted by atomic mass is 15.0. The van der Waals surface area contributed by atoms with Crippen LogP contribution < -0.4 is 0 Å². The van der Waals surface area contributed by atoms with Crippen LogP contribution in [-0.2, 0) is 0 Å². The lowest BCUT2D eigenvalue weighted by molar-refractivity contribution is 1.11. The van der Waals surface area contributed by atoms with E-state index >= 15 is 0 Å². The Morgan fingerprint density at radius 2 is 0.919 bits per heavy atom. The van der Waals surface area contributed by atoms with E-state index in [0.29, 0.717) is 33.6 Å². The van der Waals surface area contributed by atoms with Gasteiger partial charge in [0.15, 0.2) is 0 Å². The quantitative estimate of drug-likeness (QED) is 0.168. The van der Waals surface area contributed by atoms with E-state index in [-0.39, 0.29) is 0 Å². The largest absolute Gasteiger partial charge is 0.307 e. The predicted octanol–water partition coefficient (Wildman–Crippen LogP) is 14.9. The molecule has 62 heavy (non-hydrogen) atoms. The molecule has 0 amide bonds. The van der Waals surface area contributed by atoms with Crippen molar-refractivity contribution in [3.05, 3.63) is 208 Å². The lowest BCUT2D eigenvalue weighted by atomic mass is 9.81. The molecule has 0 bridgehead atoms. The molecule has 0 atom stereocenters. The first-order chi connectivity index (χ1) is 30.1. The van der Waals surface area contributed by atoms with Crippen LogP contribution in [0.15, 0.2) is 152 Å². The summed E-state index contributed by atoms with van der Waals surface area (Å²) in [5.41, 5.74) is 18.8. The zero-order valence-electron chi connectivity index (χ0n) is 35.9. The number of hydrogen-bond donors (Lipinski definition) is 0. The van der Waals surface area contributed by atoms with E-state index in [1.807, 2.05) is 24.3 Å². The van der Waals surface area contributed by atoms with Gasteiger partial charge in [-0.1, -0.05) is 144 Å². The van der Waals surface area contributed by atoms with E-state index < -0.39 is 0 Å². The van der Waals surface area contributed by atoms with E-state index in [1.54, 1.807) is 0 Å². The topological polar surface area (TPSA) is 57.4 Å². The molecule has 0 aliphatic heterocycles. The predicted molar refractivity (Wildman–Crippen MR) is 258 cm³/mol. The Hall–Kier alpha value is -7.92. The van der Waals surface area contributed by atoms with Gasteiger partial charge in [0.2, 0.25) is 0 Å². The molecule has 2 aromatic heterocycles. The molecule has 0 saturated heterocycles. The van der Waals surface area contributed by atoms with Crippen molar-refractivity contribution < 1.29 is 0 Å². The fraction of sp³-hybridized carbons (Fsp3) is 0.103. The summed E-state index contributed by atoms with van der Waals surface area (Å²) in [5, 5.41) is 28.1. The summed E-state index contributed by atoms with van der Waals surface area (Å²) in [6.07, 6.45) is 0. The van der Waals surface area contributed by atoms with E-state index in [4.69, 9.17) is 6.58 Å². The number of hydrogen-bond acceptors (Lipinski definition) is 2. The molecule has 0 radical (unpaired) electrons. The second-order valence-corrected chi connectivity index (χ2v) is 16.9. The third-order valence-corrected chi connectivity index (χ3v) is 12.6. The summed E-state index contributed by atoms with van der Waals surface area (Å²) in [6.45, 7) is 17.7. The van der Waals surface area contributed by atoms with Crippen LogP contribution in [0.25, 0.3) is 82.8 Å². The molecule has 0 spiro atoms. The third kappa shape index (κ3) is 5.88. The molecular weight excluding hydrogens is 753 g/mol. The van der Waals surface area contributed by atoms with Gasteiger partial charge in [-0.2, -0.15) is 10.5 Å². The number of aryl methyl sites for hydroxylation is 6. The second-order valence-electron chi connectivity index (χ2n) is 16.9. The minimum Gasteiger partial charge on any atom is -0.307 e. The monoisotopic (exact) mass is 796 g/mol. The summed E-state index contributed by atoms with van der Waals surface area (Å²) < 4.78 is 4.41. The minimum absolute atomic E-state index is 0.386. The Bertz CT molecular complexity index is 3500. The van der Waals surface area contributed by atoms with Gasteiger partial charge in [0.1, 0.15) is 17.7 Å². The van der Waals surface area contributed by atoms with Crippen LogP contribution in [0.2, 0.25) is 0 Å². The average Bonchev–Trinajstić information content (AvgIpc) is 3.77. The van der Waals surface area contributed by atoms with Gasteiger partial charge in [-0.25, -0.2) is 0 Å². The Morgan fingerprint density at radius 3 is 1.50 bits per heavy atom. The third-order valence-electron chi connectivity index (χ3n) is 12.6. The summed E-state index contributed by atoms with van der Waals surface area (Å²) in [6, 6.07) is 56.7. The van der Waals surface area contributed by atoms with E-state index in [0.717, 1.165) is 105 Å². The zero-order chi connectivity index (χ0) is 43.0. The lowest BCUT2D eigenvalue weighted by Gasteiger charge is -2.27. The van der Waals surface area contributed by atoms with Crippen molar-refractivity contribution in [3.8, 4) is 45.8 Å². The van der Waals surface area contributed by atoms with Gasteiger partial charge in [0, 0.05) is 32.7 Å². The van der Waals surface area contributed by atoms with Crippen LogP contribution in [0, 0.1) is 64.2 Å². The number of nitrogens with zero attached hydrogens (tertiary/aromatic N) is 4. The van der Waals surface area contributed by atoms with Gasteiger partial charge in [-0.15, -0.1) is 0 Å². The number of fused-ring (bicyclic) bond motifs is 6. The first-order valence-electron chi connectivity index (χ1n) is 21.1. The smallest absolute Gasteiger partial charge is 0.104 e. The van der Waals surface area contributed by atoms with Crippen molar-refractivity contribution in [2.45, 2.75) is 41.5 Å². The normalized spacial score (nSPS) is 11.4.